The first-order valence-electron chi connectivity index (χ1n) is 8.67. The summed E-state index contributed by atoms with van der Waals surface area (Å²) in [7, 11) is 0. The van der Waals surface area contributed by atoms with Crippen LogP contribution in [0.1, 0.15) is 31.1 Å². The number of hydrogen-bond donors (Lipinski definition) is 0. The van der Waals surface area contributed by atoms with Crippen molar-refractivity contribution in [3.63, 3.8) is 0 Å². The first-order chi connectivity index (χ1) is 12.9. The SMILES string of the molecule is CC(C)(C)C(=O)COC(=O)c1ccccc1-c1ncc(-c2ccccc2)o1. The summed E-state index contributed by atoms with van der Waals surface area (Å²) in [5, 5.41) is 0. The van der Waals surface area contributed by atoms with E-state index in [2.05, 4.69) is 4.98 Å². The molecule has 0 aliphatic carbocycles. The standard InChI is InChI=1S/C22H21NO4/c1-22(2,3)19(24)14-26-21(25)17-12-8-7-11-16(17)20-23-13-18(27-20)15-9-5-4-6-10-15/h4-13H,14H2,1-3H3. The molecule has 138 valence electrons. The lowest BCUT2D eigenvalue weighted by Gasteiger charge is -2.16. The van der Waals surface area contributed by atoms with Gasteiger partial charge in [0.25, 0.3) is 0 Å². The minimum Gasteiger partial charge on any atom is -0.454 e. The number of ketones is 1. The number of benzene rings is 2. The average molecular weight is 363 g/mol. The molecule has 5 heteroatoms. The number of aromatic nitrogens is 1. The van der Waals surface area contributed by atoms with Crippen molar-refractivity contribution >= 4 is 11.8 Å². The van der Waals surface area contributed by atoms with Crippen molar-refractivity contribution in [2.24, 2.45) is 5.41 Å². The summed E-state index contributed by atoms with van der Waals surface area (Å²) in [6.45, 7) is 5.09. The monoisotopic (exact) mass is 363 g/mol. The molecule has 0 unspecified atom stereocenters. The van der Waals surface area contributed by atoms with E-state index >= 15 is 0 Å². The highest BCUT2D eigenvalue weighted by atomic mass is 16.5. The Kier molecular flexibility index (Phi) is 5.21. The summed E-state index contributed by atoms with van der Waals surface area (Å²) in [5.41, 5.74) is 1.16. The van der Waals surface area contributed by atoms with Gasteiger partial charge in [-0.1, -0.05) is 63.2 Å². The van der Waals surface area contributed by atoms with E-state index in [0.717, 1.165) is 5.56 Å². The lowest BCUT2D eigenvalue weighted by Crippen LogP contribution is -2.26. The van der Waals surface area contributed by atoms with Gasteiger partial charge >= 0.3 is 5.97 Å². The predicted octanol–water partition coefficient (Wildman–Crippen LogP) is 4.78. The molecule has 1 aromatic heterocycles. The zero-order chi connectivity index (χ0) is 19.4. The van der Waals surface area contributed by atoms with Gasteiger partial charge in [-0.15, -0.1) is 0 Å². The number of rotatable bonds is 5. The van der Waals surface area contributed by atoms with Crippen LogP contribution in [0, 0.1) is 5.41 Å². The largest absolute Gasteiger partial charge is 0.454 e. The normalized spacial score (nSPS) is 11.2. The van der Waals surface area contributed by atoms with Gasteiger partial charge in [0, 0.05) is 11.0 Å². The number of hydrogen-bond acceptors (Lipinski definition) is 5. The van der Waals surface area contributed by atoms with Gasteiger partial charge < -0.3 is 9.15 Å². The Hall–Kier alpha value is -3.21. The highest BCUT2D eigenvalue weighted by Gasteiger charge is 2.24. The Balaban J connectivity index is 1.83. The summed E-state index contributed by atoms with van der Waals surface area (Å²) in [4.78, 5) is 28.8. The van der Waals surface area contributed by atoms with Crippen LogP contribution < -0.4 is 0 Å². The fourth-order valence-electron chi connectivity index (χ4n) is 2.41. The van der Waals surface area contributed by atoms with E-state index < -0.39 is 11.4 Å². The van der Waals surface area contributed by atoms with E-state index in [4.69, 9.17) is 9.15 Å². The number of nitrogens with zero attached hydrogens (tertiary/aromatic N) is 1. The van der Waals surface area contributed by atoms with Crippen LogP contribution in [0.15, 0.2) is 65.2 Å². The third kappa shape index (κ3) is 4.31. The van der Waals surface area contributed by atoms with Crippen molar-refractivity contribution in [2.45, 2.75) is 20.8 Å². The molecule has 0 saturated carbocycles. The van der Waals surface area contributed by atoms with E-state index in [1.165, 1.54) is 0 Å². The zero-order valence-corrected chi connectivity index (χ0v) is 15.6. The molecular formula is C22H21NO4. The molecule has 2 aromatic carbocycles. The van der Waals surface area contributed by atoms with Crippen LogP contribution in [0.4, 0.5) is 0 Å². The van der Waals surface area contributed by atoms with E-state index in [0.29, 0.717) is 22.8 Å². The second-order valence-electron chi connectivity index (χ2n) is 7.19. The molecule has 5 nitrogen and oxygen atoms in total. The maximum atomic E-state index is 12.5. The summed E-state index contributed by atoms with van der Waals surface area (Å²) >= 11 is 0. The third-order valence-corrected chi connectivity index (χ3v) is 4.11. The quantitative estimate of drug-likeness (QED) is 0.610. The first kappa shape index (κ1) is 18.6. The van der Waals surface area contributed by atoms with E-state index in [1.54, 1.807) is 51.2 Å². The van der Waals surface area contributed by atoms with Crippen molar-refractivity contribution < 1.29 is 18.7 Å². The fraction of sp³-hybridized carbons (Fsp3) is 0.227. The Bertz CT molecular complexity index is 952. The molecule has 0 radical (unpaired) electrons. The molecule has 3 aromatic rings. The first-order valence-corrected chi connectivity index (χ1v) is 8.67. The number of Topliss-reactive ketones (excluding diaryl/α,β-unsaturated/α-hetero) is 1. The van der Waals surface area contributed by atoms with E-state index in [1.807, 2.05) is 30.3 Å². The molecule has 1 heterocycles. The van der Waals surface area contributed by atoms with Crippen LogP contribution in [0.25, 0.3) is 22.8 Å². The predicted molar refractivity (Wildman–Crippen MR) is 102 cm³/mol. The van der Waals surface area contributed by atoms with Gasteiger partial charge in [-0.25, -0.2) is 9.78 Å². The number of esters is 1. The molecule has 0 N–H and O–H groups in total. The second-order valence-corrected chi connectivity index (χ2v) is 7.19. The molecule has 0 spiro atoms. The van der Waals surface area contributed by atoms with Crippen LogP contribution in [-0.4, -0.2) is 23.3 Å². The van der Waals surface area contributed by atoms with Crippen molar-refractivity contribution in [3.05, 3.63) is 66.4 Å². The van der Waals surface area contributed by atoms with Gasteiger partial charge in [-0.3, -0.25) is 4.79 Å². The molecule has 3 rings (SSSR count). The molecule has 0 atom stereocenters. The zero-order valence-electron chi connectivity index (χ0n) is 15.6. The van der Waals surface area contributed by atoms with Crippen LogP contribution in [0.5, 0.6) is 0 Å². The summed E-state index contributed by atoms with van der Waals surface area (Å²) < 4.78 is 11.1. The number of carbonyl (C=O) groups is 2. The van der Waals surface area contributed by atoms with Crippen molar-refractivity contribution in [2.75, 3.05) is 6.61 Å². The van der Waals surface area contributed by atoms with Crippen LogP contribution in [0.3, 0.4) is 0 Å². The van der Waals surface area contributed by atoms with Crippen LogP contribution in [0.2, 0.25) is 0 Å². The van der Waals surface area contributed by atoms with Gasteiger partial charge in [-0.05, 0) is 12.1 Å². The lowest BCUT2D eigenvalue weighted by atomic mass is 9.91. The van der Waals surface area contributed by atoms with Crippen molar-refractivity contribution in [3.8, 4) is 22.8 Å². The topological polar surface area (TPSA) is 69.4 Å². The van der Waals surface area contributed by atoms with Gasteiger partial charge in [0.15, 0.2) is 18.2 Å². The van der Waals surface area contributed by atoms with Crippen LogP contribution in [-0.2, 0) is 9.53 Å². The van der Waals surface area contributed by atoms with Gasteiger partial charge in [0.2, 0.25) is 5.89 Å². The summed E-state index contributed by atoms with van der Waals surface area (Å²) in [5.74, 6) is 0.207. The molecule has 0 aliphatic heterocycles. The third-order valence-electron chi connectivity index (χ3n) is 4.11. The summed E-state index contributed by atoms with van der Waals surface area (Å²) in [6, 6.07) is 16.5. The number of carbonyl (C=O) groups excluding carboxylic acids is 2. The molecule has 0 fully saturated rings. The van der Waals surface area contributed by atoms with E-state index in [-0.39, 0.29) is 12.4 Å². The maximum Gasteiger partial charge on any atom is 0.339 e. The average Bonchev–Trinajstić information content (AvgIpc) is 3.16. The lowest BCUT2D eigenvalue weighted by molar-refractivity contribution is -0.129. The Morgan fingerprint density at radius 3 is 2.37 bits per heavy atom. The highest BCUT2D eigenvalue weighted by molar-refractivity contribution is 5.97. The van der Waals surface area contributed by atoms with Gasteiger partial charge in [-0.2, -0.15) is 0 Å². The highest BCUT2D eigenvalue weighted by Crippen LogP contribution is 2.28. The molecule has 27 heavy (non-hydrogen) atoms. The maximum absolute atomic E-state index is 12.5. The Morgan fingerprint density at radius 2 is 1.67 bits per heavy atom. The van der Waals surface area contributed by atoms with Crippen molar-refractivity contribution in [1.82, 2.24) is 4.98 Å². The molecular weight excluding hydrogens is 342 g/mol. The van der Waals surface area contributed by atoms with Gasteiger partial charge in [0.05, 0.1) is 17.3 Å². The second kappa shape index (κ2) is 7.58. The smallest absolute Gasteiger partial charge is 0.339 e. The van der Waals surface area contributed by atoms with Crippen molar-refractivity contribution in [1.29, 1.82) is 0 Å². The number of oxazole rings is 1. The molecule has 0 amide bonds. The fourth-order valence-corrected chi connectivity index (χ4v) is 2.41. The van der Waals surface area contributed by atoms with E-state index in [9.17, 15) is 9.59 Å². The molecule has 0 saturated heterocycles. The minimum atomic E-state index is -0.581. The Morgan fingerprint density at radius 1 is 1.00 bits per heavy atom. The number of ether oxygens (including phenoxy) is 1. The van der Waals surface area contributed by atoms with Gasteiger partial charge in [0.1, 0.15) is 0 Å². The molecule has 0 bridgehead atoms. The molecule has 0 aliphatic rings. The summed E-state index contributed by atoms with van der Waals surface area (Å²) in [6.07, 6.45) is 1.62. The Labute approximate surface area is 158 Å². The minimum absolute atomic E-state index is 0.143. The van der Waals surface area contributed by atoms with Crippen LogP contribution >= 0.6 is 0 Å².